The van der Waals surface area contributed by atoms with Gasteiger partial charge in [0.15, 0.2) is 0 Å². The number of phenols is 3. The highest BCUT2D eigenvalue weighted by molar-refractivity contribution is 5.51. The van der Waals surface area contributed by atoms with E-state index in [1.165, 1.54) is 30.4 Å². The van der Waals surface area contributed by atoms with Gasteiger partial charge in [-0.15, -0.1) is 0 Å². The van der Waals surface area contributed by atoms with Crippen LogP contribution in [-0.2, 0) is 12.8 Å². The van der Waals surface area contributed by atoms with E-state index in [1.807, 2.05) is 39.8 Å². The average molecular weight is 445 g/mol. The highest BCUT2D eigenvalue weighted by Gasteiger charge is 2.22. The molecule has 174 valence electrons. The Kier molecular flexibility index (Phi) is 6.69. The van der Waals surface area contributed by atoms with Gasteiger partial charge in [0.2, 0.25) is 0 Å². The van der Waals surface area contributed by atoms with Crippen LogP contribution in [0.15, 0.2) is 36.4 Å². The van der Waals surface area contributed by atoms with Gasteiger partial charge in [0, 0.05) is 6.42 Å². The van der Waals surface area contributed by atoms with E-state index in [9.17, 15) is 15.3 Å². The molecule has 0 atom stereocenters. The zero-order chi connectivity index (χ0) is 23.7. The van der Waals surface area contributed by atoms with Gasteiger partial charge in [-0.25, -0.2) is 0 Å². The number of rotatable bonds is 5. The monoisotopic (exact) mass is 444 g/mol. The Morgan fingerprint density at radius 3 is 1.55 bits per heavy atom. The summed E-state index contributed by atoms with van der Waals surface area (Å²) < 4.78 is 0. The maximum absolute atomic E-state index is 11.3. The summed E-state index contributed by atoms with van der Waals surface area (Å²) in [7, 11) is 0. The zero-order valence-electron chi connectivity index (χ0n) is 20.3. The molecule has 3 aromatic rings. The summed E-state index contributed by atoms with van der Waals surface area (Å²) in [6, 6.07) is 12.5. The Morgan fingerprint density at radius 1 is 0.576 bits per heavy atom. The largest absolute Gasteiger partial charge is 0.507 e. The van der Waals surface area contributed by atoms with E-state index in [0.29, 0.717) is 29.6 Å². The summed E-state index contributed by atoms with van der Waals surface area (Å²) in [5, 5.41) is 31.7. The van der Waals surface area contributed by atoms with Gasteiger partial charge in [-0.05, 0) is 103 Å². The van der Waals surface area contributed by atoms with Crippen LogP contribution >= 0.6 is 0 Å². The van der Waals surface area contributed by atoms with Crippen molar-refractivity contribution in [2.75, 3.05) is 0 Å². The SMILES string of the molecule is Cc1cc(Cc2cc(Cc3cc(C)c(O)c(C)c3)c(O)c(C3CCCCC3)c2)cc(C)c1O. The van der Waals surface area contributed by atoms with Crippen LogP contribution in [0.3, 0.4) is 0 Å². The van der Waals surface area contributed by atoms with Crippen molar-refractivity contribution in [1.29, 1.82) is 0 Å². The fourth-order valence-electron chi connectivity index (χ4n) is 5.50. The first-order valence-electron chi connectivity index (χ1n) is 12.2. The highest BCUT2D eigenvalue weighted by Crippen LogP contribution is 2.40. The summed E-state index contributed by atoms with van der Waals surface area (Å²) in [6.45, 7) is 7.73. The van der Waals surface area contributed by atoms with Gasteiger partial charge in [-0.3, -0.25) is 0 Å². The Labute approximate surface area is 197 Å². The van der Waals surface area contributed by atoms with Crippen LogP contribution in [-0.4, -0.2) is 15.3 Å². The Balaban J connectivity index is 1.75. The summed E-state index contributed by atoms with van der Waals surface area (Å²) in [4.78, 5) is 0. The highest BCUT2D eigenvalue weighted by atomic mass is 16.3. The standard InChI is InChI=1S/C30H36O3/c1-18-10-22(11-19(2)28(18)31)14-24-16-26(15-23-12-20(3)29(32)21(4)13-23)30(33)27(17-24)25-8-6-5-7-9-25/h10-13,16-17,25,31-33H,5-9,14-15H2,1-4H3. The smallest absolute Gasteiger partial charge is 0.122 e. The molecule has 1 aliphatic rings. The van der Waals surface area contributed by atoms with E-state index in [0.717, 1.165) is 58.2 Å². The third-order valence-electron chi connectivity index (χ3n) is 7.23. The molecule has 3 aromatic carbocycles. The van der Waals surface area contributed by atoms with Crippen molar-refractivity contribution in [3.63, 3.8) is 0 Å². The van der Waals surface area contributed by atoms with Crippen LogP contribution in [0.5, 0.6) is 17.2 Å². The first-order valence-corrected chi connectivity index (χ1v) is 12.2. The second kappa shape index (κ2) is 9.51. The maximum Gasteiger partial charge on any atom is 0.122 e. The molecular weight excluding hydrogens is 408 g/mol. The third-order valence-corrected chi connectivity index (χ3v) is 7.23. The predicted molar refractivity (Wildman–Crippen MR) is 135 cm³/mol. The van der Waals surface area contributed by atoms with Gasteiger partial charge in [-0.2, -0.15) is 0 Å². The summed E-state index contributed by atoms with van der Waals surface area (Å²) in [5.41, 5.74) is 9.02. The van der Waals surface area contributed by atoms with Crippen molar-refractivity contribution in [3.8, 4) is 17.2 Å². The van der Waals surface area contributed by atoms with Crippen molar-refractivity contribution in [3.05, 3.63) is 86.5 Å². The Morgan fingerprint density at radius 2 is 1.03 bits per heavy atom. The molecule has 33 heavy (non-hydrogen) atoms. The second-order valence-electron chi connectivity index (χ2n) is 10.0. The first kappa shape index (κ1) is 23.2. The Bertz CT molecular complexity index is 1120. The molecule has 0 spiro atoms. The molecule has 0 bridgehead atoms. The van der Waals surface area contributed by atoms with E-state index < -0.39 is 0 Å². The number of hydrogen-bond acceptors (Lipinski definition) is 3. The number of phenolic OH excluding ortho intramolecular Hbond substituents is 3. The molecule has 3 nitrogen and oxygen atoms in total. The first-order chi connectivity index (χ1) is 15.7. The number of aromatic hydroxyl groups is 3. The van der Waals surface area contributed by atoms with Crippen LogP contribution in [0.4, 0.5) is 0 Å². The molecule has 3 heteroatoms. The minimum absolute atomic E-state index is 0.345. The quantitative estimate of drug-likeness (QED) is 0.388. The van der Waals surface area contributed by atoms with E-state index in [4.69, 9.17) is 0 Å². The summed E-state index contributed by atoms with van der Waals surface area (Å²) in [6.07, 6.45) is 7.38. The zero-order valence-corrected chi connectivity index (χ0v) is 20.3. The van der Waals surface area contributed by atoms with Gasteiger partial charge >= 0.3 is 0 Å². The van der Waals surface area contributed by atoms with Crippen LogP contribution in [0.2, 0.25) is 0 Å². The normalized spacial score (nSPS) is 14.5. The lowest BCUT2D eigenvalue weighted by molar-refractivity contribution is 0.411. The molecule has 3 N–H and O–H groups in total. The lowest BCUT2D eigenvalue weighted by Crippen LogP contribution is -2.07. The molecular formula is C30H36O3. The van der Waals surface area contributed by atoms with E-state index >= 15 is 0 Å². The molecule has 1 saturated carbocycles. The molecule has 0 aromatic heterocycles. The van der Waals surface area contributed by atoms with Gasteiger partial charge < -0.3 is 15.3 Å². The molecule has 4 rings (SSSR count). The molecule has 0 aliphatic heterocycles. The van der Waals surface area contributed by atoms with Crippen LogP contribution in [0, 0.1) is 27.7 Å². The van der Waals surface area contributed by atoms with Crippen molar-refractivity contribution in [1.82, 2.24) is 0 Å². The van der Waals surface area contributed by atoms with Gasteiger partial charge in [0.05, 0.1) is 0 Å². The van der Waals surface area contributed by atoms with E-state index in [2.05, 4.69) is 24.3 Å². The van der Waals surface area contributed by atoms with Crippen molar-refractivity contribution >= 4 is 0 Å². The van der Waals surface area contributed by atoms with Crippen LogP contribution in [0.25, 0.3) is 0 Å². The van der Waals surface area contributed by atoms with Crippen molar-refractivity contribution in [2.45, 2.75) is 78.6 Å². The van der Waals surface area contributed by atoms with Gasteiger partial charge in [-0.1, -0.05) is 55.7 Å². The molecule has 1 fully saturated rings. The number of aryl methyl sites for hydroxylation is 4. The second-order valence-corrected chi connectivity index (χ2v) is 10.0. The lowest BCUT2D eigenvalue weighted by atomic mass is 9.81. The van der Waals surface area contributed by atoms with Gasteiger partial charge in [0.25, 0.3) is 0 Å². The topological polar surface area (TPSA) is 60.7 Å². The van der Waals surface area contributed by atoms with Crippen LogP contribution in [0.1, 0.15) is 88.1 Å². The van der Waals surface area contributed by atoms with Gasteiger partial charge in [0.1, 0.15) is 17.2 Å². The van der Waals surface area contributed by atoms with Crippen molar-refractivity contribution in [2.24, 2.45) is 0 Å². The fraction of sp³-hybridized carbons (Fsp3) is 0.400. The summed E-state index contributed by atoms with van der Waals surface area (Å²) >= 11 is 0. The minimum Gasteiger partial charge on any atom is -0.507 e. The molecule has 0 amide bonds. The molecule has 0 saturated heterocycles. The maximum atomic E-state index is 11.3. The van der Waals surface area contributed by atoms with E-state index in [-0.39, 0.29) is 0 Å². The molecule has 0 heterocycles. The molecule has 1 aliphatic carbocycles. The number of benzene rings is 3. The van der Waals surface area contributed by atoms with Crippen LogP contribution < -0.4 is 0 Å². The lowest BCUT2D eigenvalue weighted by Gasteiger charge is -2.25. The Hall–Kier alpha value is -2.94. The molecule has 0 radical (unpaired) electrons. The summed E-state index contributed by atoms with van der Waals surface area (Å²) in [5.74, 6) is 1.56. The third kappa shape index (κ3) is 5.03. The average Bonchev–Trinajstić information content (AvgIpc) is 2.78. The van der Waals surface area contributed by atoms with E-state index in [1.54, 1.807) is 0 Å². The minimum atomic E-state index is 0.345. The molecule has 0 unspecified atom stereocenters. The number of hydrogen-bond donors (Lipinski definition) is 3. The van der Waals surface area contributed by atoms with Crippen molar-refractivity contribution < 1.29 is 15.3 Å². The predicted octanol–water partition coefficient (Wildman–Crippen LogP) is 7.27. The fourth-order valence-corrected chi connectivity index (χ4v) is 5.50.